The Morgan fingerprint density at radius 2 is 1.96 bits per heavy atom. The van der Waals surface area contributed by atoms with Crippen molar-refractivity contribution in [1.82, 2.24) is 15.1 Å². The number of hydrogen-bond acceptors (Lipinski definition) is 3. The molecule has 1 N–H and O–H groups in total. The number of hydrogen-bond donors (Lipinski definition) is 1. The number of benzene rings is 2. The van der Waals surface area contributed by atoms with Gasteiger partial charge in [0, 0.05) is 35.8 Å². The number of piperidine rings is 1. The van der Waals surface area contributed by atoms with Crippen molar-refractivity contribution in [3.05, 3.63) is 71.5 Å². The topological polar surface area (TPSA) is 41.1 Å². The van der Waals surface area contributed by atoms with Gasteiger partial charge in [0.05, 0.1) is 13.3 Å². The standard InChI is InChI=1S/C23H27N3O/c1-17-9-11-18(12-10-17)21-14-24-25-23(21)20-7-5-13-26(16-20)15-19-6-3-4-8-22(19)27-2/h3-4,6,8-12,14,20H,5,7,13,15-16H2,1-2H3,(H,24,25)/t20-/m0/s1. The summed E-state index contributed by atoms with van der Waals surface area (Å²) in [5.74, 6) is 1.45. The summed E-state index contributed by atoms with van der Waals surface area (Å²) in [4.78, 5) is 2.53. The molecule has 0 spiro atoms. The van der Waals surface area contributed by atoms with E-state index in [0.717, 1.165) is 25.4 Å². The Morgan fingerprint density at radius 3 is 2.78 bits per heavy atom. The van der Waals surface area contributed by atoms with Gasteiger partial charge in [-0.2, -0.15) is 5.10 Å². The van der Waals surface area contributed by atoms with Gasteiger partial charge in [-0.25, -0.2) is 0 Å². The van der Waals surface area contributed by atoms with Crippen molar-refractivity contribution in [2.75, 3.05) is 20.2 Å². The van der Waals surface area contributed by atoms with Crippen molar-refractivity contribution in [1.29, 1.82) is 0 Å². The summed E-state index contributed by atoms with van der Waals surface area (Å²) >= 11 is 0. The number of nitrogens with zero attached hydrogens (tertiary/aromatic N) is 2. The molecule has 1 aliphatic heterocycles. The fourth-order valence-electron chi connectivity index (χ4n) is 4.08. The Labute approximate surface area is 161 Å². The molecule has 3 aromatic rings. The highest BCUT2D eigenvalue weighted by Gasteiger charge is 2.25. The van der Waals surface area contributed by atoms with Gasteiger partial charge in [0.25, 0.3) is 0 Å². The maximum Gasteiger partial charge on any atom is 0.123 e. The molecule has 0 aliphatic carbocycles. The lowest BCUT2D eigenvalue weighted by atomic mass is 9.90. The van der Waals surface area contributed by atoms with Gasteiger partial charge in [-0.05, 0) is 37.9 Å². The summed E-state index contributed by atoms with van der Waals surface area (Å²) < 4.78 is 5.53. The van der Waals surface area contributed by atoms with Crippen LogP contribution >= 0.6 is 0 Å². The average molecular weight is 361 g/mol. The highest BCUT2D eigenvalue weighted by Crippen LogP contribution is 2.34. The number of rotatable bonds is 5. The fraction of sp³-hybridized carbons (Fsp3) is 0.348. The molecule has 1 aliphatic rings. The smallest absolute Gasteiger partial charge is 0.123 e. The molecule has 0 radical (unpaired) electrons. The molecule has 4 nitrogen and oxygen atoms in total. The highest BCUT2D eigenvalue weighted by atomic mass is 16.5. The van der Waals surface area contributed by atoms with E-state index in [-0.39, 0.29) is 0 Å². The maximum atomic E-state index is 5.53. The molecule has 2 heterocycles. The Hall–Kier alpha value is -2.59. The first-order valence-corrected chi connectivity index (χ1v) is 9.69. The average Bonchev–Trinajstić information content (AvgIpc) is 3.19. The number of H-pyrrole nitrogens is 1. The summed E-state index contributed by atoms with van der Waals surface area (Å²) in [6.45, 7) is 5.22. The van der Waals surface area contributed by atoms with Crippen molar-refractivity contribution in [2.45, 2.75) is 32.2 Å². The van der Waals surface area contributed by atoms with Gasteiger partial charge in [-0.15, -0.1) is 0 Å². The lowest BCUT2D eigenvalue weighted by Gasteiger charge is -2.33. The summed E-state index contributed by atoms with van der Waals surface area (Å²) in [6, 6.07) is 17.0. The monoisotopic (exact) mass is 361 g/mol. The van der Waals surface area contributed by atoms with Crippen LogP contribution in [0.5, 0.6) is 5.75 Å². The molecule has 1 fully saturated rings. The molecular formula is C23H27N3O. The third-order valence-electron chi connectivity index (χ3n) is 5.53. The Bertz CT molecular complexity index is 885. The zero-order chi connectivity index (χ0) is 18.6. The molecule has 1 aromatic heterocycles. The van der Waals surface area contributed by atoms with Crippen molar-refractivity contribution in [3.63, 3.8) is 0 Å². The molecular weight excluding hydrogens is 334 g/mol. The number of methoxy groups -OCH3 is 1. The van der Waals surface area contributed by atoms with E-state index >= 15 is 0 Å². The normalized spacial score (nSPS) is 17.8. The molecule has 0 unspecified atom stereocenters. The van der Waals surface area contributed by atoms with E-state index in [0.29, 0.717) is 5.92 Å². The van der Waals surface area contributed by atoms with Crippen LogP contribution in [0.3, 0.4) is 0 Å². The number of ether oxygens (including phenoxy) is 1. The number of nitrogens with one attached hydrogen (secondary N) is 1. The minimum absolute atomic E-state index is 0.479. The number of aryl methyl sites for hydroxylation is 1. The van der Waals surface area contributed by atoms with E-state index in [4.69, 9.17) is 4.74 Å². The zero-order valence-corrected chi connectivity index (χ0v) is 16.1. The lowest BCUT2D eigenvalue weighted by Crippen LogP contribution is -2.34. The molecule has 27 heavy (non-hydrogen) atoms. The second-order valence-electron chi connectivity index (χ2n) is 7.45. The van der Waals surface area contributed by atoms with Crippen LogP contribution in [-0.4, -0.2) is 35.3 Å². The SMILES string of the molecule is COc1ccccc1CN1CCC[C@H](c2[nH]ncc2-c2ccc(C)cc2)C1. The Kier molecular flexibility index (Phi) is 5.26. The van der Waals surface area contributed by atoms with E-state index in [2.05, 4.69) is 58.4 Å². The fourth-order valence-corrected chi connectivity index (χ4v) is 4.08. The second-order valence-corrected chi connectivity index (χ2v) is 7.45. The largest absolute Gasteiger partial charge is 0.496 e. The number of aromatic nitrogens is 2. The molecule has 1 atom stereocenters. The van der Waals surface area contributed by atoms with E-state index in [9.17, 15) is 0 Å². The van der Waals surface area contributed by atoms with Gasteiger partial charge < -0.3 is 4.74 Å². The van der Waals surface area contributed by atoms with Crippen LogP contribution in [0.25, 0.3) is 11.1 Å². The van der Waals surface area contributed by atoms with Gasteiger partial charge in [-0.1, -0.05) is 48.0 Å². The number of aromatic amines is 1. The van der Waals surface area contributed by atoms with E-state index in [1.165, 1.54) is 40.8 Å². The summed E-state index contributed by atoms with van der Waals surface area (Å²) in [5.41, 5.74) is 6.28. The first kappa shape index (κ1) is 17.8. The highest BCUT2D eigenvalue weighted by molar-refractivity contribution is 5.66. The molecule has 2 aromatic carbocycles. The van der Waals surface area contributed by atoms with Crippen LogP contribution in [0.2, 0.25) is 0 Å². The lowest BCUT2D eigenvalue weighted by molar-refractivity contribution is 0.196. The third-order valence-corrected chi connectivity index (χ3v) is 5.53. The van der Waals surface area contributed by atoms with Crippen LogP contribution in [0, 0.1) is 6.92 Å². The number of para-hydroxylation sites is 1. The minimum atomic E-state index is 0.479. The Balaban J connectivity index is 1.52. The van der Waals surface area contributed by atoms with Crippen LogP contribution in [0.15, 0.2) is 54.7 Å². The molecule has 4 rings (SSSR count). The van der Waals surface area contributed by atoms with Crippen LogP contribution in [-0.2, 0) is 6.54 Å². The molecule has 1 saturated heterocycles. The van der Waals surface area contributed by atoms with Crippen LogP contribution in [0.4, 0.5) is 0 Å². The second kappa shape index (κ2) is 7.97. The van der Waals surface area contributed by atoms with Crippen LogP contribution < -0.4 is 4.74 Å². The van der Waals surface area contributed by atoms with Gasteiger partial charge >= 0.3 is 0 Å². The van der Waals surface area contributed by atoms with Crippen molar-refractivity contribution < 1.29 is 4.74 Å². The minimum Gasteiger partial charge on any atom is -0.496 e. The maximum absolute atomic E-state index is 5.53. The van der Waals surface area contributed by atoms with Gasteiger partial charge in [-0.3, -0.25) is 10.00 Å². The molecule has 4 heteroatoms. The van der Waals surface area contributed by atoms with Crippen molar-refractivity contribution in [3.8, 4) is 16.9 Å². The third kappa shape index (κ3) is 3.91. The van der Waals surface area contributed by atoms with E-state index in [1.807, 2.05) is 18.3 Å². The summed E-state index contributed by atoms with van der Waals surface area (Å²) in [7, 11) is 1.75. The molecule has 0 saturated carbocycles. The Morgan fingerprint density at radius 1 is 1.15 bits per heavy atom. The summed E-state index contributed by atoms with van der Waals surface area (Å²) in [6.07, 6.45) is 4.37. The molecule has 0 bridgehead atoms. The first-order chi connectivity index (χ1) is 13.2. The van der Waals surface area contributed by atoms with Crippen molar-refractivity contribution >= 4 is 0 Å². The predicted molar refractivity (Wildman–Crippen MR) is 109 cm³/mol. The van der Waals surface area contributed by atoms with Crippen LogP contribution in [0.1, 0.15) is 35.6 Å². The summed E-state index contributed by atoms with van der Waals surface area (Å²) in [5, 5.41) is 7.66. The van der Waals surface area contributed by atoms with Gasteiger partial charge in [0.15, 0.2) is 0 Å². The quantitative estimate of drug-likeness (QED) is 0.711. The predicted octanol–water partition coefficient (Wildman–Crippen LogP) is 4.77. The van der Waals surface area contributed by atoms with Gasteiger partial charge in [0.1, 0.15) is 5.75 Å². The molecule has 0 amide bonds. The zero-order valence-electron chi connectivity index (χ0n) is 16.1. The number of likely N-dealkylation sites (tertiary alicyclic amines) is 1. The van der Waals surface area contributed by atoms with Crippen molar-refractivity contribution in [2.24, 2.45) is 0 Å². The van der Waals surface area contributed by atoms with E-state index < -0.39 is 0 Å². The van der Waals surface area contributed by atoms with Gasteiger partial charge in [0.2, 0.25) is 0 Å². The van der Waals surface area contributed by atoms with E-state index in [1.54, 1.807) is 7.11 Å². The first-order valence-electron chi connectivity index (χ1n) is 9.69. The molecule has 140 valence electrons.